The molecule has 6 heteroatoms. The van der Waals surface area contributed by atoms with Gasteiger partial charge in [-0.05, 0) is 99.3 Å². The van der Waals surface area contributed by atoms with Crippen LogP contribution in [0.3, 0.4) is 0 Å². The molecule has 3 aromatic heterocycles. The lowest BCUT2D eigenvalue weighted by Gasteiger charge is -2.31. The zero-order valence-electron chi connectivity index (χ0n) is 21.5. The van der Waals surface area contributed by atoms with Crippen LogP contribution in [-0.2, 0) is 5.41 Å². The summed E-state index contributed by atoms with van der Waals surface area (Å²) in [4.78, 5) is 10.6. The quantitative estimate of drug-likeness (QED) is 0.154. The van der Waals surface area contributed by atoms with E-state index in [4.69, 9.17) is 6.57 Å². The molecule has 0 saturated heterocycles. The molecule has 0 atom stereocenters. The second-order valence-corrected chi connectivity index (χ2v) is 12.9. The molecule has 192 valence electrons. The first-order valence-corrected chi connectivity index (χ1v) is 15.7. The minimum Gasteiger partial charge on any atom is -0.310 e. The number of allylic oxidation sites excluding steroid dienone is 1. The van der Waals surface area contributed by atoms with Crippen molar-refractivity contribution in [3.63, 3.8) is 0 Å². The Morgan fingerprint density at radius 1 is 0.732 bits per heavy atom. The third-order valence-electron chi connectivity index (χ3n) is 7.95. The monoisotopic (exact) mass is 577 g/mol. The van der Waals surface area contributed by atoms with Crippen LogP contribution in [-0.4, -0.2) is 0 Å². The van der Waals surface area contributed by atoms with E-state index in [1.807, 2.05) is 28.7 Å². The summed E-state index contributed by atoms with van der Waals surface area (Å²) in [7, 11) is 0. The number of nitrogens with zero attached hydrogens (tertiary/aromatic N) is 3. The summed E-state index contributed by atoms with van der Waals surface area (Å²) in [5.74, 6) is 0. The fraction of sp³-hybridized carbons (Fsp3) is 0.0286. The van der Waals surface area contributed by atoms with Crippen LogP contribution in [0.4, 0.5) is 17.1 Å². The van der Waals surface area contributed by atoms with E-state index in [0.717, 1.165) is 21.9 Å². The number of anilines is 3. The van der Waals surface area contributed by atoms with E-state index in [0.29, 0.717) is 0 Å². The maximum absolute atomic E-state index is 9.44. The second kappa shape index (κ2) is 9.16. The van der Waals surface area contributed by atoms with Crippen molar-refractivity contribution in [2.45, 2.75) is 5.41 Å². The first-order valence-electron chi connectivity index (χ1n) is 13.1. The summed E-state index contributed by atoms with van der Waals surface area (Å²) in [6.45, 7) is 7.40. The van der Waals surface area contributed by atoms with E-state index in [1.165, 1.54) is 42.4 Å². The molecule has 3 nitrogen and oxygen atoms in total. The maximum Gasteiger partial charge on any atom is 0.263 e. The van der Waals surface area contributed by atoms with Crippen molar-refractivity contribution in [1.29, 1.82) is 5.26 Å². The minimum absolute atomic E-state index is 0.106. The number of fused-ring (bicyclic) bond motifs is 10. The number of para-hydroxylation sites is 2. The van der Waals surface area contributed by atoms with Crippen LogP contribution in [0.5, 0.6) is 0 Å². The fourth-order valence-corrected chi connectivity index (χ4v) is 9.69. The Hall–Kier alpha value is -4.72. The molecule has 3 aromatic carbocycles. The number of hydrogen-bond donors (Lipinski definition) is 0. The van der Waals surface area contributed by atoms with Gasteiger partial charge in [0.1, 0.15) is 0 Å². The van der Waals surface area contributed by atoms with Crippen molar-refractivity contribution in [3.05, 3.63) is 152 Å². The first kappa shape index (κ1) is 24.1. The van der Waals surface area contributed by atoms with Crippen LogP contribution in [0.25, 0.3) is 31.1 Å². The number of rotatable bonds is 4. The Bertz CT molecular complexity index is 1990. The summed E-state index contributed by atoms with van der Waals surface area (Å²) in [5, 5.41) is 13.9. The highest BCUT2D eigenvalue weighted by Gasteiger charge is 2.54. The van der Waals surface area contributed by atoms with Crippen LogP contribution in [0, 0.1) is 17.9 Å². The smallest absolute Gasteiger partial charge is 0.263 e. The summed E-state index contributed by atoms with van der Waals surface area (Å²) in [5.41, 5.74) is 9.38. The van der Waals surface area contributed by atoms with Gasteiger partial charge in [0.25, 0.3) is 5.70 Å². The van der Waals surface area contributed by atoms with E-state index in [-0.39, 0.29) is 5.70 Å². The molecule has 0 radical (unpaired) electrons. The molecule has 2 aliphatic carbocycles. The van der Waals surface area contributed by atoms with Crippen LogP contribution in [0.15, 0.2) is 114 Å². The van der Waals surface area contributed by atoms with Crippen molar-refractivity contribution in [1.82, 2.24) is 0 Å². The number of benzene rings is 3. The standard InChI is InChI=1S/C35H19N3S3/c1-37-22(21-36)18-26-20-31-32(41-26)27-13-12-25(38(23-8-4-2-5-9-23)24-10-6-3-7-11-24)19-30(27)35(31)28-14-16-39-33(28)34-29(35)15-17-40-34/h2-20H/b22-18-. The summed E-state index contributed by atoms with van der Waals surface area (Å²) in [6, 6.07) is 36.7. The van der Waals surface area contributed by atoms with Gasteiger partial charge in [-0.25, -0.2) is 10.1 Å². The Morgan fingerprint density at radius 2 is 1.37 bits per heavy atom. The third-order valence-corrected chi connectivity index (χ3v) is 11.1. The Morgan fingerprint density at radius 3 is 1.95 bits per heavy atom. The minimum atomic E-state index is -0.433. The predicted octanol–water partition coefficient (Wildman–Crippen LogP) is 10.5. The van der Waals surface area contributed by atoms with Crippen LogP contribution in [0.1, 0.15) is 27.1 Å². The molecule has 8 rings (SSSR count). The average molecular weight is 578 g/mol. The topological polar surface area (TPSA) is 31.4 Å². The fourth-order valence-electron chi connectivity index (χ4n) is 6.40. The van der Waals surface area contributed by atoms with Crippen molar-refractivity contribution in [3.8, 4) is 26.3 Å². The van der Waals surface area contributed by atoms with Gasteiger partial charge in [0.2, 0.25) is 0 Å². The van der Waals surface area contributed by atoms with Crippen LogP contribution in [0.2, 0.25) is 0 Å². The largest absolute Gasteiger partial charge is 0.310 e. The summed E-state index contributed by atoms with van der Waals surface area (Å²) < 4.78 is 0. The molecular formula is C35H19N3S3. The van der Waals surface area contributed by atoms with E-state index in [1.54, 1.807) is 17.4 Å². The molecule has 0 bridgehead atoms. The molecule has 1 spiro atoms. The van der Waals surface area contributed by atoms with Gasteiger partial charge in [-0.3, -0.25) is 0 Å². The normalized spacial score (nSPS) is 13.7. The van der Waals surface area contributed by atoms with Gasteiger partial charge in [0.05, 0.1) is 18.1 Å². The molecule has 0 fully saturated rings. The van der Waals surface area contributed by atoms with E-state index >= 15 is 0 Å². The Balaban J connectivity index is 1.42. The zero-order chi connectivity index (χ0) is 27.6. The lowest BCUT2D eigenvalue weighted by atomic mass is 9.72. The molecule has 2 aliphatic rings. The number of thiophene rings is 3. The van der Waals surface area contributed by atoms with Crippen LogP contribution < -0.4 is 4.90 Å². The van der Waals surface area contributed by atoms with Gasteiger partial charge in [-0.2, -0.15) is 0 Å². The lowest BCUT2D eigenvalue weighted by molar-refractivity contribution is 0.800. The molecule has 0 amide bonds. The molecule has 6 aromatic rings. The number of hydrogen-bond acceptors (Lipinski definition) is 5. The highest BCUT2D eigenvalue weighted by Crippen LogP contribution is 2.67. The first-order chi connectivity index (χ1) is 20.2. The SMILES string of the molecule is [C-]#[N+]/C(C#N)=C\c1cc2c(s1)-c1ccc(N(c3ccccc3)c3ccccc3)cc1C21c2ccsc2-c2sccc21. The highest BCUT2D eigenvalue weighted by atomic mass is 32.1. The molecule has 0 N–H and O–H groups in total. The van der Waals surface area contributed by atoms with Gasteiger partial charge in [0, 0.05) is 36.6 Å². The summed E-state index contributed by atoms with van der Waals surface area (Å²) in [6.07, 6.45) is 1.72. The van der Waals surface area contributed by atoms with E-state index in [9.17, 15) is 5.26 Å². The Labute approximate surface area is 250 Å². The van der Waals surface area contributed by atoms with Gasteiger partial charge in [-0.15, -0.1) is 34.0 Å². The lowest BCUT2D eigenvalue weighted by Crippen LogP contribution is -2.25. The van der Waals surface area contributed by atoms with E-state index in [2.05, 4.69) is 118 Å². The van der Waals surface area contributed by atoms with Crippen molar-refractivity contribution in [2.24, 2.45) is 0 Å². The second-order valence-electron chi connectivity index (χ2n) is 9.96. The molecule has 41 heavy (non-hydrogen) atoms. The molecule has 0 aliphatic heterocycles. The zero-order valence-corrected chi connectivity index (χ0v) is 24.0. The molecular weight excluding hydrogens is 559 g/mol. The van der Waals surface area contributed by atoms with Gasteiger partial charge < -0.3 is 4.90 Å². The van der Waals surface area contributed by atoms with Crippen LogP contribution >= 0.6 is 34.0 Å². The van der Waals surface area contributed by atoms with Gasteiger partial charge in [-0.1, -0.05) is 42.5 Å². The highest BCUT2D eigenvalue weighted by molar-refractivity contribution is 7.21. The summed E-state index contributed by atoms with van der Waals surface area (Å²) >= 11 is 5.28. The van der Waals surface area contributed by atoms with Crippen molar-refractivity contribution >= 4 is 57.1 Å². The van der Waals surface area contributed by atoms with Crippen molar-refractivity contribution < 1.29 is 0 Å². The number of nitriles is 1. The predicted molar refractivity (Wildman–Crippen MR) is 171 cm³/mol. The van der Waals surface area contributed by atoms with Gasteiger partial charge in [0.15, 0.2) is 0 Å². The molecule has 0 saturated carbocycles. The Kier molecular flexibility index (Phi) is 5.39. The van der Waals surface area contributed by atoms with Gasteiger partial charge >= 0.3 is 0 Å². The third kappa shape index (κ3) is 3.33. The maximum atomic E-state index is 9.44. The molecule has 3 heterocycles. The molecule has 0 unspecified atom stereocenters. The average Bonchev–Trinajstić information content (AvgIpc) is 3.83. The van der Waals surface area contributed by atoms with E-state index < -0.39 is 5.41 Å². The van der Waals surface area contributed by atoms with Crippen molar-refractivity contribution in [2.75, 3.05) is 4.90 Å².